The van der Waals surface area contributed by atoms with E-state index in [9.17, 15) is 0 Å². The molecule has 2 aromatic carbocycles. The highest BCUT2D eigenvalue weighted by Crippen LogP contribution is 2.43. The van der Waals surface area contributed by atoms with Crippen LogP contribution in [0.15, 0.2) is 53.5 Å². The van der Waals surface area contributed by atoms with Crippen LogP contribution < -0.4 is 10.6 Å². The summed E-state index contributed by atoms with van der Waals surface area (Å²) in [5.74, 6) is 1.13. The molecule has 0 radical (unpaired) electrons. The molecule has 0 amide bonds. The second-order valence-corrected chi connectivity index (χ2v) is 7.16. The van der Waals surface area contributed by atoms with Crippen LogP contribution in [0.4, 0.5) is 5.69 Å². The highest BCUT2D eigenvalue weighted by molar-refractivity contribution is 6.32. The number of benzene rings is 2. The molecule has 124 valence electrons. The van der Waals surface area contributed by atoms with Gasteiger partial charge in [0.15, 0.2) is 0 Å². The Morgan fingerprint density at radius 3 is 2.58 bits per heavy atom. The van der Waals surface area contributed by atoms with E-state index < -0.39 is 0 Å². The fourth-order valence-corrected chi connectivity index (χ4v) is 4.06. The van der Waals surface area contributed by atoms with Crippen molar-refractivity contribution in [2.45, 2.75) is 25.8 Å². The Labute approximate surface area is 148 Å². The summed E-state index contributed by atoms with van der Waals surface area (Å²) in [5.41, 5.74) is 3.67. The van der Waals surface area contributed by atoms with Crippen LogP contribution in [0.5, 0.6) is 0 Å². The van der Waals surface area contributed by atoms with Crippen molar-refractivity contribution >= 4 is 23.1 Å². The van der Waals surface area contributed by atoms with Gasteiger partial charge in [0.1, 0.15) is 5.84 Å². The van der Waals surface area contributed by atoms with E-state index >= 15 is 0 Å². The van der Waals surface area contributed by atoms with Gasteiger partial charge in [0, 0.05) is 16.1 Å². The number of piperidine rings is 1. The first-order valence-electron chi connectivity index (χ1n) is 8.61. The number of nitrogens with zero attached hydrogens (tertiary/aromatic N) is 1. The predicted molar refractivity (Wildman–Crippen MR) is 101 cm³/mol. The fraction of sp³-hybridized carbons (Fsp3) is 0.350. The van der Waals surface area contributed by atoms with Crippen molar-refractivity contribution in [3.63, 3.8) is 0 Å². The highest BCUT2D eigenvalue weighted by atomic mass is 35.5. The van der Waals surface area contributed by atoms with Crippen molar-refractivity contribution in [2.24, 2.45) is 10.4 Å². The summed E-state index contributed by atoms with van der Waals surface area (Å²) in [4.78, 5) is 4.99. The van der Waals surface area contributed by atoms with Crippen molar-refractivity contribution in [1.29, 1.82) is 0 Å². The van der Waals surface area contributed by atoms with E-state index in [-0.39, 0.29) is 5.41 Å². The van der Waals surface area contributed by atoms with Gasteiger partial charge in [0.2, 0.25) is 0 Å². The van der Waals surface area contributed by atoms with E-state index in [1.807, 2.05) is 18.2 Å². The first-order chi connectivity index (χ1) is 11.8. The molecule has 2 heterocycles. The SMILES string of the molecule is Clc1cccc2c1CC1(CCNCC1)C(=NCc1ccccc1)N2. The van der Waals surface area contributed by atoms with Gasteiger partial charge in [-0.15, -0.1) is 0 Å². The summed E-state index contributed by atoms with van der Waals surface area (Å²) in [6, 6.07) is 16.5. The molecule has 1 fully saturated rings. The minimum atomic E-state index is 0.0814. The van der Waals surface area contributed by atoms with Crippen molar-refractivity contribution in [1.82, 2.24) is 5.32 Å². The lowest BCUT2D eigenvalue weighted by molar-refractivity contribution is 0.293. The summed E-state index contributed by atoms with van der Waals surface area (Å²) < 4.78 is 0. The molecule has 0 saturated carbocycles. The van der Waals surface area contributed by atoms with E-state index in [2.05, 4.69) is 41.0 Å². The fourth-order valence-electron chi connectivity index (χ4n) is 3.82. The van der Waals surface area contributed by atoms with Gasteiger partial charge < -0.3 is 10.6 Å². The maximum Gasteiger partial charge on any atom is 0.108 e. The standard InChI is InChI=1S/C20H22ClN3/c21-17-7-4-8-18-16(17)13-20(9-11-22-12-10-20)19(24-18)23-14-15-5-2-1-3-6-15/h1-8,22H,9-14H2,(H,23,24). The van der Waals surface area contributed by atoms with Gasteiger partial charge in [-0.3, -0.25) is 4.99 Å². The lowest BCUT2D eigenvalue weighted by Gasteiger charge is -2.43. The molecular formula is C20H22ClN3. The average Bonchev–Trinajstić information content (AvgIpc) is 2.63. The minimum absolute atomic E-state index is 0.0814. The van der Waals surface area contributed by atoms with Crippen molar-refractivity contribution in [3.8, 4) is 0 Å². The van der Waals surface area contributed by atoms with Gasteiger partial charge in [-0.1, -0.05) is 48.0 Å². The van der Waals surface area contributed by atoms with E-state index in [0.29, 0.717) is 6.54 Å². The smallest absolute Gasteiger partial charge is 0.108 e. The summed E-state index contributed by atoms with van der Waals surface area (Å²) in [5, 5.41) is 7.94. The van der Waals surface area contributed by atoms with E-state index in [1.54, 1.807) is 0 Å². The Kier molecular flexibility index (Phi) is 4.30. The second kappa shape index (κ2) is 6.58. The molecule has 1 saturated heterocycles. The molecule has 0 atom stereocenters. The Hall–Kier alpha value is -1.84. The number of anilines is 1. The van der Waals surface area contributed by atoms with Crippen LogP contribution in [0.25, 0.3) is 0 Å². The molecule has 0 bridgehead atoms. The summed E-state index contributed by atoms with van der Waals surface area (Å²) in [6.07, 6.45) is 3.17. The van der Waals surface area contributed by atoms with Crippen LogP contribution in [0.1, 0.15) is 24.0 Å². The van der Waals surface area contributed by atoms with Crippen LogP contribution >= 0.6 is 11.6 Å². The molecule has 2 aromatic rings. The molecule has 0 aliphatic carbocycles. The Bertz CT molecular complexity index is 749. The topological polar surface area (TPSA) is 36.4 Å². The molecule has 2 aliphatic rings. The lowest BCUT2D eigenvalue weighted by atomic mass is 9.71. The van der Waals surface area contributed by atoms with E-state index in [0.717, 1.165) is 48.9 Å². The number of hydrogen-bond donors (Lipinski definition) is 2. The number of halogens is 1. The predicted octanol–water partition coefficient (Wildman–Crippen LogP) is 4.28. The quantitative estimate of drug-likeness (QED) is 0.857. The summed E-state index contributed by atoms with van der Waals surface area (Å²) in [6.45, 7) is 2.78. The van der Waals surface area contributed by atoms with Gasteiger partial charge in [0.25, 0.3) is 0 Å². The maximum absolute atomic E-state index is 6.47. The molecule has 1 spiro atoms. The number of nitrogens with one attached hydrogen (secondary N) is 2. The van der Waals surface area contributed by atoms with Crippen molar-refractivity contribution in [2.75, 3.05) is 18.4 Å². The average molecular weight is 340 g/mol. The summed E-state index contributed by atoms with van der Waals surface area (Å²) >= 11 is 6.47. The number of aliphatic imine (C=N–C) groups is 1. The first kappa shape index (κ1) is 15.7. The van der Waals surface area contributed by atoms with Gasteiger partial charge >= 0.3 is 0 Å². The Morgan fingerprint density at radius 2 is 1.79 bits per heavy atom. The maximum atomic E-state index is 6.47. The zero-order valence-corrected chi connectivity index (χ0v) is 14.4. The monoisotopic (exact) mass is 339 g/mol. The number of hydrogen-bond acceptors (Lipinski definition) is 2. The third kappa shape index (κ3) is 2.94. The summed E-state index contributed by atoms with van der Waals surface area (Å²) in [7, 11) is 0. The molecule has 3 nitrogen and oxygen atoms in total. The van der Waals surface area contributed by atoms with Gasteiger partial charge in [-0.25, -0.2) is 0 Å². The second-order valence-electron chi connectivity index (χ2n) is 6.75. The molecule has 24 heavy (non-hydrogen) atoms. The normalized spacial score (nSPS) is 20.6. The number of rotatable bonds is 2. The largest absolute Gasteiger partial charge is 0.343 e. The van der Waals surface area contributed by atoms with Crippen LogP contribution in [0, 0.1) is 5.41 Å². The highest BCUT2D eigenvalue weighted by Gasteiger charge is 2.41. The Morgan fingerprint density at radius 1 is 1.00 bits per heavy atom. The van der Waals surface area contributed by atoms with Gasteiger partial charge in [0.05, 0.1) is 6.54 Å². The van der Waals surface area contributed by atoms with Crippen molar-refractivity contribution in [3.05, 3.63) is 64.7 Å². The van der Waals surface area contributed by atoms with Crippen LogP contribution in [-0.4, -0.2) is 18.9 Å². The van der Waals surface area contributed by atoms with E-state index in [1.165, 1.54) is 11.1 Å². The third-order valence-electron chi connectivity index (χ3n) is 5.21. The first-order valence-corrected chi connectivity index (χ1v) is 8.99. The molecule has 4 heteroatoms. The zero-order chi connectivity index (χ0) is 16.4. The number of fused-ring (bicyclic) bond motifs is 1. The van der Waals surface area contributed by atoms with Gasteiger partial charge in [-0.2, -0.15) is 0 Å². The molecular weight excluding hydrogens is 318 g/mol. The molecule has 0 unspecified atom stereocenters. The minimum Gasteiger partial charge on any atom is -0.343 e. The van der Waals surface area contributed by atoms with Crippen LogP contribution in [-0.2, 0) is 13.0 Å². The lowest BCUT2D eigenvalue weighted by Crippen LogP contribution is -2.48. The number of amidine groups is 1. The Balaban J connectivity index is 1.70. The van der Waals surface area contributed by atoms with E-state index in [4.69, 9.17) is 16.6 Å². The van der Waals surface area contributed by atoms with Crippen LogP contribution in [0.2, 0.25) is 5.02 Å². The molecule has 4 rings (SSSR count). The van der Waals surface area contributed by atoms with Crippen molar-refractivity contribution < 1.29 is 0 Å². The molecule has 0 aromatic heterocycles. The molecule has 2 aliphatic heterocycles. The molecule has 2 N–H and O–H groups in total. The van der Waals surface area contributed by atoms with Crippen LogP contribution in [0.3, 0.4) is 0 Å². The third-order valence-corrected chi connectivity index (χ3v) is 5.57. The van der Waals surface area contributed by atoms with Gasteiger partial charge in [-0.05, 0) is 55.6 Å². The zero-order valence-electron chi connectivity index (χ0n) is 13.7.